The maximum absolute atomic E-state index is 12.6. The second-order valence-electron chi connectivity index (χ2n) is 6.65. The molecule has 9 heteroatoms. The molecule has 0 atom stereocenters. The summed E-state index contributed by atoms with van der Waals surface area (Å²) in [6, 6.07) is 6.50. The van der Waals surface area contributed by atoms with Crippen molar-refractivity contribution in [3.63, 3.8) is 0 Å². The first kappa shape index (κ1) is 20.7. The monoisotopic (exact) mass is 410 g/mol. The van der Waals surface area contributed by atoms with E-state index in [0.717, 1.165) is 11.3 Å². The average molecular weight is 411 g/mol. The van der Waals surface area contributed by atoms with Crippen molar-refractivity contribution in [3.8, 4) is 0 Å². The first-order valence-corrected chi connectivity index (χ1v) is 9.11. The smallest absolute Gasteiger partial charge is 0.412 e. The van der Waals surface area contributed by atoms with E-state index in [1.54, 1.807) is 45.0 Å². The third kappa shape index (κ3) is 5.45. The summed E-state index contributed by atoms with van der Waals surface area (Å²) in [6.07, 6.45) is -0.795. The maximum atomic E-state index is 12.6. The van der Waals surface area contributed by atoms with Crippen LogP contribution in [0.2, 0.25) is 5.02 Å². The van der Waals surface area contributed by atoms with Crippen LogP contribution in [-0.4, -0.2) is 28.7 Å². The van der Waals surface area contributed by atoms with E-state index in [4.69, 9.17) is 16.3 Å². The first-order valence-electron chi connectivity index (χ1n) is 7.91. The number of amides is 2. The van der Waals surface area contributed by atoms with Crippen LogP contribution < -0.4 is 10.6 Å². The Morgan fingerprint density at radius 3 is 2.22 bits per heavy atom. The van der Waals surface area contributed by atoms with Crippen molar-refractivity contribution in [1.82, 2.24) is 0 Å². The highest BCUT2D eigenvalue weighted by atomic mass is 35.5. The summed E-state index contributed by atoms with van der Waals surface area (Å²) in [7, 11) is 0. The lowest BCUT2D eigenvalue weighted by Gasteiger charge is -2.19. The van der Waals surface area contributed by atoms with Gasteiger partial charge in [-0.25, -0.2) is 9.59 Å². The van der Waals surface area contributed by atoms with Crippen molar-refractivity contribution in [1.29, 1.82) is 0 Å². The van der Waals surface area contributed by atoms with Crippen LogP contribution in [0.25, 0.3) is 0 Å². The van der Waals surface area contributed by atoms with Crippen LogP contribution in [0.15, 0.2) is 24.3 Å². The van der Waals surface area contributed by atoms with Gasteiger partial charge in [0.15, 0.2) is 0 Å². The highest BCUT2D eigenvalue weighted by molar-refractivity contribution is 7.18. The minimum atomic E-state index is -1.25. The molecule has 7 nitrogen and oxygen atoms in total. The van der Waals surface area contributed by atoms with Gasteiger partial charge in [0, 0.05) is 10.7 Å². The van der Waals surface area contributed by atoms with Crippen LogP contribution in [-0.2, 0) is 4.74 Å². The lowest BCUT2D eigenvalue weighted by molar-refractivity contribution is 0.0636. The molecule has 2 aromatic rings. The Bertz CT molecular complexity index is 884. The molecule has 0 saturated carbocycles. The standard InChI is InChI=1S/C18H19ClN2O5S/c1-9-12(16(23)24)15(21-17(25)26-18(2,3)4)27-13(9)14(22)20-11-7-5-10(19)6-8-11/h5-8H,1-4H3,(H,20,22)(H,21,25)(H,23,24). The van der Waals surface area contributed by atoms with Crippen molar-refractivity contribution in [2.45, 2.75) is 33.3 Å². The zero-order valence-electron chi connectivity index (χ0n) is 15.2. The Morgan fingerprint density at radius 2 is 1.70 bits per heavy atom. The van der Waals surface area contributed by atoms with Gasteiger partial charge in [0.25, 0.3) is 5.91 Å². The summed E-state index contributed by atoms with van der Waals surface area (Å²) in [5.74, 6) is -1.74. The topological polar surface area (TPSA) is 105 Å². The maximum Gasteiger partial charge on any atom is 0.412 e. The van der Waals surface area contributed by atoms with Crippen LogP contribution >= 0.6 is 22.9 Å². The number of hydrogen-bond donors (Lipinski definition) is 3. The second kappa shape index (κ2) is 7.98. The number of carboxylic acid groups (broad SMARTS) is 1. The molecular formula is C18H19ClN2O5S. The van der Waals surface area contributed by atoms with Gasteiger partial charge in [0.1, 0.15) is 10.6 Å². The fourth-order valence-corrected chi connectivity index (χ4v) is 3.40. The molecule has 2 amide bonds. The summed E-state index contributed by atoms with van der Waals surface area (Å²) < 4.78 is 5.14. The molecule has 27 heavy (non-hydrogen) atoms. The highest BCUT2D eigenvalue weighted by Crippen LogP contribution is 2.34. The number of halogens is 1. The molecule has 2 rings (SSSR count). The van der Waals surface area contributed by atoms with Gasteiger partial charge in [-0.15, -0.1) is 11.3 Å². The Balaban J connectivity index is 2.29. The Labute approximate surface area is 165 Å². The molecule has 0 saturated heterocycles. The molecule has 1 heterocycles. The second-order valence-corrected chi connectivity index (χ2v) is 8.11. The van der Waals surface area contributed by atoms with Crippen molar-refractivity contribution in [3.05, 3.63) is 45.3 Å². The predicted octanol–water partition coefficient (Wildman–Crippen LogP) is 5.01. The van der Waals surface area contributed by atoms with Gasteiger partial charge in [-0.1, -0.05) is 11.6 Å². The molecule has 0 unspecified atom stereocenters. The highest BCUT2D eigenvalue weighted by Gasteiger charge is 2.27. The number of benzene rings is 1. The molecule has 0 aliphatic carbocycles. The largest absolute Gasteiger partial charge is 0.478 e. The molecule has 3 N–H and O–H groups in total. The van der Waals surface area contributed by atoms with E-state index in [-0.39, 0.29) is 21.0 Å². The molecule has 0 radical (unpaired) electrons. The molecule has 0 aliphatic heterocycles. The quantitative estimate of drug-likeness (QED) is 0.657. The van der Waals surface area contributed by atoms with Gasteiger partial charge in [0.2, 0.25) is 0 Å². The lowest BCUT2D eigenvalue weighted by Crippen LogP contribution is -2.27. The van der Waals surface area contributed by atoms with E-state index in [9.17, 15) is 19.5 Å². The van der Waals surface area contributed by atoms with E-state index in [0.29, 0.717) is 10.7 Å². The molecule has 1 aromatic heterocycles. The summed E-state index contributed by atoms with van der Waals surface area (Å²) in [5, 5.41) is 15.1. The summed E-state index contributed by atoms with van der Waals surface area (Å²) >= 11 is 6.68. The molecular weight excluding hydrogens is 392 g/mol. The first-order chi connectivity index (χ1) is 12.5. The van der Waals surface area contributed by atoms with Crippen LogP contribution in [0.1, 0.15) is 46.4 Å². The lowest BCUT2D eigenvalue weighted by atomic mass is 10.1. The Morgan fingerprint density at radius 1 is 1.11 bits per heavy atom. The average Bonchev–Trinajstić information content (AvgIpc) is 2.84. The molecule has 1 aromatic carbocycles. The van der Waals surface area contributed by atoms with Gasteiger partial charge in [0.05, 0.1) is 10.4 Å². The number of carbonyl (C=O) groups excluding carboxylic acids is 2. The number of anilines is 2. The van der Waals surface area contributed by atoms with Gasteiger partial charge in [-0.3, -0.25) is 10.1 Å². The summed E-state index contributed by atoms with van der Waals surface area (Å²) in [5.41, 5.74) is -0.123. The van der Waals surface area contributed by atoms with E-state index in [1.165, 1.54) is 6.92 Å². The molecule has 0 fully saturated rings. The summed E-state index contributed by atoms with van der Waals surface area (Å²) in [6.45, 7) is 6.58. The normalized spacial score (nSPS) is 11.0. The van der Waals surface area contributed by atoms with E-state index in [1.807, 2.05) is 0 Å². The Kier molecular flexibility index (Phi) is 6.12. The zero-order valence-corrected chi connectivity index (χ0v) is 16.7. The number of aromatic carboxylic acids is 1. The van der Waals surface area contributed by atoms with Crippen LogP contribution in [0.3, 0.4) is 0 Å². The van der Waals surface area contributed by atoms with Gasteiger partial charge in [-0.2, -0.15) is 0 Å². The van der Waals surface area contributed by atoms with Crippen molar-refractivity contribution < 1.29 is 24.2 Å². The third-order valence-corrected chi connectivity index (χ3v) is 4.74. The number of thiophene rings is 1. The fraction of sp³-hybridized carbons (Fsp3) is 0.278. The predicted molar refractivity (Wildman–Crippen MR) is 105 cm³/mol. The number of hydrogen-bond acceptors (Lipinski definition) is 5. The molecule has 0 aliphatic rings. The number of carbonyl (C=O) groups is 3. The van der Waals surface area contributed by atoms with Crippen molar-refractivity contribution >= 4 is 51.6 Å². The van der Waals surface area contributed by atoms with Gasteiger partial charge >= 0.3 is 12.1 Å². The van der Waals surface area contributed by atoms with Crippen LogP contribution in [0, 0.1) is 6.92 Å². The minimum Gasteiger partial charge on any atom is -0.478 e. The summed E-state index contributed by atoms with van der Waals surface area (Å²) in [4.78, 5) is 36.3. The van der Waals surface area contributed by atoms with Crippen LogP contribution in [0.5, 0.6) is 0 Å². The minimum absolute atomic E-state index is 0.0375. The zero-order chi connectivity index (χ0) is 20.4. The van der Waals surface area contributed by atoms with Crippen molar-refractivity contribution in [2.75, 3.05) is 10.6 Å². The molecule has 0 spiro atoms. The third-order valence-electron chi connectivity index (χ3n) is 3.28. The molecule has 144 valence electrons. The van der Waals surface area contributed by atoms with Crippen molar-refractivity contribution in [2.24, 2.45) is 0 Å². The molecule has 0 bridgehead atoms. The fourth-order valence-electron chi connectivity index (χ4n) is 2.19. The number of ether oxygens (including phenoxy) is 1. The number of carboxylic acids is 1. The Hall–Kier alpha value is -2.58. The van der Waals surface area contributed by atoms with Gasteiger partial charge < -0.3 is 15.2 Å². The number of rotatable bonds is 4. The van der Waals surface area contributed by atoms with E-state index in [2.05, 4.69) is 10.6 Å². The van der Waals surface area contributed by atoms with Gasteiger partial charge in [-0.05, 0) is 57.5 Å². The SMILES string of the molecule is Cc1c(C(=O)Nc2ccc(Cl)cc2)sc(NC(=O)OC(C)(C)C)c1C(=O)O. The number of nitrogens with one attached hydrogen (secondary N) is 2. The van der Waals surface area contributed by atoms with E-state index < -0.39 is 23.6 Å². The van der Waals surface area contributed by atoms with Crippen LogP contribution in [0.4, 0.5) is 15.5 Å². The van der Waals surface area contributed by atoms with E-state index >= 15 is 0 Å².